The minimum atomic E-state index is -0.470. The number of rotatable bonds is 4. The number of pyridine rings is 2. The first-order chi connectivity index (χ1) is 12.6. The van der Waals surface area contributed by atoms with Crippen molar-refractivity contribution < 1.29 is 4.92 Å². The average molecular weight is 364 g/mol. The number of nitro groups is 1. The van der Waals surface area contributed by atoms with Gasteiger partial charge in [-0.3, -0.25) is 15.1 Å². The van der Waals surface area contributed by atoms with Gasteiger partial charge in [0.25, 0.3) is 0 Å². The summed E-state index contributed by atoms with van der Waals surface area (Å²) in [6, 6.07) is 8.54. The van der Waals surface area contributed by atoms with Crippen molar-refractivity contribution in [3.05, 3.63) is 70.9 Å². The summed E-state index contributed by atoms with van der Waals surface area (Å²) >= 11 is 1.50. The Hall–Kier alpha value is -3.46. The van der Waals surface area contributed by atoms with E-state index in [0.717, 1.165) is 21.1 Å². The number of aryl methyl sites for hydroxylation is 1. The van der Waals surface area contributed by atoms with Gasteiger partial charge in [0.05, 0.1) is 15.5 Å². The maximum absolute atomic E-state index is 11.2. The van der Waals surface area contributed by atoms with Crippen molar-refractivity contribution in [1.29, 1.82) is 0 Å². The van der Waals surface area contributed by atoms with Crippen LogP contribution in [0.3, 0.4) is 0 Å². The lowest BCUT2D eigenvalue weighted by atomic mass is 10.3. The van der Waals surface area contributed by atoms with E-state index in [9.17, 15) is 10.1 Å². The van der Waals surface area contributed by atoms with Crippen molar-refractivity contribution in [3.63, 3.8) is 0 Å². The van der Waals surface area contributed by atoms with E-state index in [1.54, 1.807) is 24.7 Å². The van der Waals surface area contributed by atoms with Crippen molar-refractivity contribution in [2.75, 3.05) is 0 Å². The number of hydrogen-bond acceptors (Lipinski definition) is 7. The van der Waals surface area contributed by atoms with Crippen LogP contribution in [0.4, 0.5) is 5.69 Å². The molecular formula is C17H12N6O2S. The topological polar surface area (TPSA) is 99.6 Å². The van der Waals surface area contributed by atoms with Crippen LogP contribution in [0.15, 0.2) is 55.1 Å². The van der Waals surface area contributed by atoms with E-state index in [4.69, 9.17) is 0 Å². The molecule has 0 aliphatic heterocycles. The Balaban J connectivity index is 1.74. The van der Waals surface area contributed by atoms with Crippen molar-refractivity contribution in [3.8, 4) is 27.0 Å². The quantitative estimate of drug-likeness (QED) is 0.405. The summed E-state index contributed by atoms with van der Waals surface area (Å²) in [6.07, 6.45) is 6.64. The molecule has 0 bridgehead atoms. The Morgan fingerprint density at radius 3 is 2.81 bits per heavy atom. The fourth-order valence-corrected chi connectivity index (χ4v) is 3.54. The molecule has 9 heteroatoms. The molecule has 0 spiro atoms. The van der Waals surface area contributed by atoms with Gasteiger partial charge in [0.2, 0.25) is 5.82 Å². The molecule has 0 aromatic carbocycles. The number of nitrogens with zero attached hydrogens (tertiary/aromatic N) is 6. The van der Waals surface area contributed by atoms with Crippen molar-refractivity contribution >= 4 is 17.0 Å². The van der Waals surface area contributed by atoms with Crippen LogP contribution in [0.1, 0.15) is 5.69 Å². The first kappa shape index (κ1) is 16.0. The molecule has 0 saturated heterocycles. The highest BCUT2D eigenvalue weighted by molar-refractivity contribution is 7.18. The average Bonchev–Trinajstić information content (AvgIpc) is 3.29. The van der Waals surface area contributed by atoms with E-state index in [-0.39, 0.29) is 11.5 Å². The second-order valence-electron chi connectivity index (χ2n) is 5.42. The van der Waals surface area contributed by atoms with Gasteiger partial charge in [-0.25, -0.2) is 14.6 Å². The smallest absolute Gasteiger partial charge is 0.264 e. The molecule has 4 aromatic heterocycles. The lowest BCUT2D eigenvalue weighted by molar-refractivity contribution is -0.384. The third kappa shape index (κ3) is 2.84. The molecule has 4 rings (SSSR count). The molecule has 8 nitrogen and oxygen atoms in total. The van der Waals surface area contributed by atoms with Crippen LogP contribution in [0.2, 0.25) is 0 Å². The zero-order valence-corrected chi connectivity index (χ0v) is 14.4. The molecular weight excluding hydrogens is 352 g/mol. The van der Waals surface area contributed by atoms with E-state index < -0.39 is 4.92 Å². The maximum atomic E-state index is 11.2. The van der Waals surface area contributed by atoms with E-state index in [1.165, 1.54) is 34.3 Å². The van der Waals surface area contributed by atoms with Crippen LogP contribution in [0, 0.1) is 17.0 Å². The fourth-order valence-electron chi connectivity index (χ4n) is 2.52. The Morgan fingerprint density at radius 1 is 1.19 bits per heavy atom. The zero-order chi connectivity index (χ0) is 18.1. The molecule has 0 atom stereocenters. The Morgan fingerprint density at radius 2 is 2.04 bits per heavy atom. The number of aromatic nitrogens is 5. The highest BCUT2D eigenvalue weighted by Crippen LogP contribution is 2.34. The Labute approximate surface area is 152 Å². The van der Waals surface area contributed by atoms with Gasteiger partial charge >= 0.3 is 5.69 Å². The van der Waals surface area contributed by atoms with Gasteiger partial charge in [-0.1, -0.05) is 0 Å². The second kappa shape index (κ2) is 6.45. The van der Waals surface area contributed by atoms with Gasteiger partial charge in [0.1, 0.15) is 10.7 Å². The van der Waals surface area contributed by atoms with Gasteiger partial charge in [-0.15, -0.1) is 11.3 Å². The minimum absolute atomic E-state index is 0.0979. The van der Waals surface area contributed by atoms with Gasteiger partial charge in [-0.05, 0) is 31.2 Å². The molecule has 0 radical (unpaired) electrons. The Kier molecular flexibility index (Phi) is 3.98. The molecule has 0 fully saturated rings. The fraction of sp³-hybridized carbons (Fsp3) is 0.0588. The predicted octanol–water partition coefficient (Wildman–Crippen LogP) is 3.67. The predicted molar refractivity (Wildman–Crippen MR) is 97.1 cm³/mol. The molecule has 0 N–H and O–H groups in total. The summed E-state index contributed by atoms with van der Waals surface area (Å²) in [4.78, 5) is 24.4. The Bertz CT molecular complexity index is 1090. The molecule has 0 saturated carbocycles. The van der Waals surface area contributed by atoms with Crippen LogP contribution in [0.5, 0.6) is 0 Å². The van der Waals surface area contributed by atoms with E-state index >= 15 is 0 Å². The van der Waals surface area contributed by atoms with Gasteiger partial charge in [-0.2, -0.15) is 5.10 Å². The van der Waals surface area contributed by atoms with Crippen LogP contribution < -0.4 is 0 Å². The molecule has 0 amide bonds. The molecule has 0 aliphatic carbocycles. The van der Waals surface area contributed by atoms with E-state index in [0.29, 0.717) is 5.69 Å². The number of hydrogen-bond donors (Lipinski definition) is 0. The van der Waals surface area contributed by atoms with Crippen molar-refractivity contribution in [2.45, 2.75) is 6.92 Å². The largest absolute Gasteiger partial charge is 0.313 e. The van der Waals surface area contributed by atoms with Crippen LogP contribution in [-0.2, 0) is 0 Å². The summed E-state index contributed by atoms with van der Waals surface area (Å²) in [5, 5.41) is 16.5. The third-order valence-electron chi connectivity index (χ3n) is 3.71. The minimum Gasteiger partial charge on any atom is -0.264 e. The summed E-state index contributed by atoms with van der Waals surface area (Å²) in [6.45, 7) is 1.91. The maximum Gasteiger partial charge on any atom is 0.313 e. The molecule has 0 unspecified atom stereocenters. The lowest BCUT2D eigenvalue weighted by Gasteiger charge is -2.00. The summed E-state index contributed by atoms with van der Waals surface area (Å²) in [5.74, 6) is 0.179. The van der Waals surface area contributed by atoms with Crippen LogP contribution >= 0.6 is 11.3 Å². The van der Waals surface area contributed by atoms with Gasteiger partial charge in [0.15, 0.2) is 0 Å². The molecule has 0 aliphatic rings. The molecule has 26 heavy (non-hydrogen) atoms. The lowest BCUT2D eigenvalue weighted by Crippen LogP contribution is -2.03. The van der Waals surface area contributed by atoms with E-state index in [2.05, 4.69) is 20.1 Å². The van der Waals surface area contributed by atoms with Crippen molar-refractivity contribution in [2.24, 2.45) is 0 Å². The monoisotopic (exact) mass is 364 g/mol. The second-order valence-corrected chi connectivity index (χ2v) is 6.42. The van der Waals surface area contributed by atoms with Crippen LogP contribution in [0.25, 0.3) is 27.0 Å². The number of thiazole rings is 1. The first-order valence-electron chi connectivity index (χ1n) is 7.67. The zero-order valence-electron chi connectivity index (χ0n) is 13.6. The first-order valence-corrected chi connectivity index (χ1v) is 8.49. The molecule has 128 valence electrons. The van der Waals surface area contributed by atoms with Crippen molar-refractivity contribution in [1.82, 2.24) is 24.7 Å². The summed E-state index contributed by atoms with van der Waals surface area (Å²) in [7, 11) is 0. The molecule has 4 aromatic rings. The molecule has 4 heterocycles. The van der Waals surface area contributed by atoms with Gasteiger partial charge in [0, 0.05) is 36.4 Å². The third-order valence-corrected chi connectivity index (χ3v) is 4.94. The highest BCUT2D eigenvalue weighted by atomic mass is 32.1. The summed E-state index contributed by atoms with van der Waals surface area (Å²) in [5.41, 5.74) is 2.37. The summed E-state index contributed by atoms with van der Waals surface area (Å²) < 4.78 is 1.41. The highest BCUT2D eigenvalue weighted by Gasteiger charge is 2.19. The normalized spacial score (nSPS) is 10.8. The SMILES string of the molecule is Cc1nc(-c2cccnc2)sc1-c1ccn(-c2ncccc2[N+](=O)[O-])n1. The van der Waals surface area contributed by atoms with Gasteiger partial charge < -0.3 is 0 Å². The standard InChI is InChI=1S/C17H12N6O2S/c1-11-15(26-17(20-11)12-4-2-7-18-10-12)13-6-9-22(21-13)16-14(23(24)25)5-3-8-19-16/h2-10H,1H3. The van der Waals surface area contributed by atoms with Crippen LogP contribution in [-0.4, -0.2) is 29.7 Å². The van der Waals surface area contributed by atoms with E-state index in [1.807, 2.05) is 19.1 Å².